The van der Waals surface area contributed by atoms with Crippen molar-refractivity contribution >= 4 is 17.7 Å². The molecule has 19 heavy (non-hydrogen) atoms. The second-order valence-electron chi connectivity index (χ2n) is 4.51. The van der Waals surface area contributed by atoms with E-state index in [0.717, 1.165) is 9.79 Å². The molecule has 0 aliphatic heterocycles. The lowest BCUT2D eigenvalue weighted by Gasteiger charge is -2.06. The average molecular weight is 273 g/mol. The van der Waals surface area contributed by atoms with Crippen LogP contribution < -0.4 is 0 Å². The Morgan fingerprint density at radius 2 is 1.74 bits per heavy atom. The fraction of sp³-hybridized carbons (Fsp3) is 0.200. The number of carboxylic acids is 1. The Labute approximate surface area is 116 Å². The molecule has 0 spiro atoms. The second-order valence-corrected chi connectivity index (χ2v) is 5.66. The Morgan fingerprint density at radius 1 is 1.11 bits per heavy atom. The highest BCUT2D eigenvalue weighted by Crippen LogP contribution is 2.28. The first-order valence-electron chi connectivity index (χ1n) is 6.03. The van der Waals surface area contributed by atoms with Crippen molar-refractivity contribution in [3.05, 3.63) is 53.9 Å². The van der Waals surface area contributed by atoms with Gasteiger partial charge in [0, 0.05) is 16.0 Å². The third-order valence-corrected chi connectivity index (χ3v) is 3.72. The smallest absolute Gasteiger partial charge is 0.354 e. The lowest BCUT2D eigenvalue weighted by molar-refractivity contribution is 0.0690. The molecule has 3 nitrogen and oxygen atoms in total. The molecule has 0 aliphatic rings. The molecule has 0 amide bonds. The molecule has 0 atom stereocenters. The second kappa shape index (κ2) is 5.89. The van der Waals surface area contributed by atoms with Gasteiger partial charge in [-0.25, -0.2) is 9.78 Å². The fourth-order valence-electron chi connectivity index (χ4n) is 1.62. The minimum atomic E-state index is -1.00. The topological polar surface area (TPSA) is 50.2 Å². The lowest BCUT2D eigenvalue weighted by atomic mass is 10.0. The van der Waals surface area contributed by atoms with Crippen molar-refractivity contribution in [2.24, 2.45) is 0 Å². The molecule has 0 fully saturated rings. The minimum absolute atomic E-state index is 0.0690. The number of hydrogen-bond acceptors (Lipinski definition) is 3. The van der Waals surface area contributed by atoms with E-state index in [1.807, 2.05) is 0 Å². The van der Waals surface area contributed by atoms with E-state index in [4.69, 9.17) is 5.11 Å². The number of aromatic nitrogens is 1. The SMILES string of the molecule is CC(C)c1ccc(Sc2ccc(C(=O)O)nc2)cc1. The summed E-state index contributed by atoms with van der Waals surface area (Å²) in [7, 11) is 0. The molecule has 0 saturated heterocycles. The number of carboxylic acid groups (broad SMARTS) is 1. The van der Waals surface area contributed by atoms with Gasteiger partial charge in [-0.05, 0) is 35.7 Å². The number of hydrogen-bond donors (Lipinski definition) is 1. The van der Waals surface area contributed by atoms with Crippen LogP contribution >= 0.6 is 11.8 Å². The van der Waals surface area contributed by atoms with Crippen LogP contribution in [0, 0.1) is 0 Å². The van der Waals surface area contributed by atoms with Crippen LogP contribution in [0.5, 0.6) is 0 Å². The van der Waals surface area contributed by atoms with Crippen molar-refractivity contribution in [2.75, 3.05) is 0 Å². The predicted molar refractivity (Wildman–Crippen MR) is 75.9 cm³/mol. The highest BCUT2D eigenvalue weighted by Gasteiger charge is 2.05. The lowest BCUT2D eigenvalue weighted by Crippen LogP contribution is -1.98. The molecular weight excluding hydrogens is 258 g/mol. The van der Waals surface area contributed by atoms with Crippen molar-refractivity contribution in [1.82, 2.24) is 4.98 Å². The molecule has 1 heterocycles. The summed E-state index contributed by atoms with van der Waals surface area (Å²) in [5.74, 6) is -0.478. The summed E-state index contributed by atoms with van der Waals surface area (Å²) in [6.07, 6.45) is 1.59. The summed E-state index contributed by atoms with van der Waals surface area (Å²) in [5, 5.41) is 8.78. The first kappa shape index (κ1) is 13.6. The van der Waals surface area contributed by atoms with Crippen molar-refractivity contribution in [3.8, 4) is 0 Å². The Bertz CT molecular complexity index is 562. The predicted octanol–water partition coefficient (Wildman–Crippen LogP) is 4.05. The molecule has 1 aromatic heterocycles. The summed E-state index contributed by atoms with van der Waals surface area (Å²) in [4.78, 5) is 16.7. The normalized spacial score (nSPS) is 10.7. The number of nitrogens with zero attached hydrogens (tertiary/aromatic N) is 1. The van der Waals surface area contributed by atoms with Crippen LogP contribution in [-0.2, 0) is 0 Å². The first-order valence-corrected chi connectivity index (χ1v) is 6.85. The number of aromatic carboxylic acids is 1. The molecule has 0 radical (unpaired) electrons. The standard InChI is InChI=1S/C15H15NO2S/c1-10(2)11-3-5-12(6-4-11)19-13-7-8-14(15(17)18)16-9-13/h3-10H,1-2H3,(H,17,18). The summed E-state index contributed by atoms with van der Waals surface area (Å²) in [5.41, 5.74) is 1.38. The van der Waals surface area contributed by atoms with Crippen molar-refractivity contribution in [1.29, 1.82) is 0 Å². The molecule has 4 heteroatoms. The Kier molecular flexibility index (Phi) is 4.22. The van der Waals surface area contributed by atoms with Gasteiger partial charge < -0.3 is 5.11 Å². The average Bonchev–Trinajstić information content (AvgIpc) is 2.40. The van der Waals surface area contributed by atoms with Crippen LogP contribution in [0.25, 0.3) is 0 Å². The molecule has 0 aliphatic carbocycles. The van der Waals surface area contributed by atoms with Gasteiger partial charge in [-0.3, -0.25) is 0 Å². The van der Waals surface area contributed by atoms with Crippen LogP contribution in [0.1, 0.15) is 35.8 Å². The maximum Gasteiger partial charge on any atom is 0.354 e. The zero-order chi connectivity index (χ0) is 13.8. The van der Waals surface area contributed by atoms with E-state index < -0.39 is 5.97 Å². The molecule has 0 bridgehead atoms. The van der Waals surface area contributed by atoms with E-state index in [9.17, 15) is 4.79 Å². The number of carbonyl (C=O) groups is 1. The molecule has 0 saturated carbocycles. The van der Waals surface area contributed by atoms with E-state index in [-0.39, 0.29) is 5.69 Å². The molecule has 1 aromatic carbocycles. The van der Waals surface area contributed by atoms with Crippen LogP contribution in [0.2, 0.25) is 0 Å². The van der Waals surface area contributed by atoms with Crippen LogP contribution in [-0.4, -0.2) is 16.1 Å². The van der Waals surface area contributed by atoms with Gasteiger partial charge >= 0.3 is 5.97 Å². The maximum atomic E-state index is 10.7. The summed E-state index contributed by atoms with van der Waals surface area (Å²) in [6.45, 7) is 4.33. The Hall–Kier alpha value is -1.81. The minimum Gasteiger partial charge on any atom is -0.477 e. The maximum absolute atomic E-state index is 10.7. The third-order valence-electron chi connectivity index (χ3n) is 2.74. The van der Waals surface area contributed by atoms with Gasteiger partial charge in [0.1, 0.15) is 5.69 Å². The van der Waals surface area contributed by atoms with Crippen LogP contribution in [0.3, 0.4) is 0 Å². The molecule has 1 N–H and O–H groups in total. The van der Waals surface area contributed by atoms with Crippen molar-refractivity contribution in [2.45, 2.75) is 29.6 Å². The highest BCUT2D eigenvalue weighted by atomic mass is 32.2. The van der Waals surface area contributed by atoms with Gasteiger partial charge in [0.15, 0.2) is 0 Å². The number of pyridine rings is 1. The van der Waals surface area contributed by atoms with Gasteiger partial charge in [0.05, 0.1) is 0 Å². The summed E-state index contributed by atoms with van der Waals surface area (Å²) in [6, 6.07) is 11.7. The quantitative estimate of drug-likeness (QED) is 0.912. The van der Waals surface area contributed by atoms with E-state index in [0.29, 0.717) is 5.92 Å². The third kappa shape index (κ3) is 3.58. The van der Waals surface area contributed by atoms with Gasteiger partial charge in [0.2, 0.25) is 0 Å². The van der Waals surface area contributed by atoms with E-state index >= 15 is 0 Å². The van der Waals surface area contributed by atoms with E-state index in [1.165, 1.54) is 11.6 Å². The van der Waals surface area contributed by atoms with Crippen molar-refractivity contribution in [3.63, 3.8) is 0 Å². The Balaban J connectivity index is 2.10. The number of benzene rings is 1. The highest BCUT2D eigenvalue weighted by molar-refractivity contribution is 7.99. The first-order chi connectivity index (χ1) is 9.06. The monoisotopic (exact) mass is 273 g/mol. The molecule has 98 valence electrons. The molecule has 2 aromatic rings. The van der Waals surface area contributed by atoms with Gasteiger partial charge in [-0.2, -0.15) is 0 Å². The zero-order valence-electron chi connectivity index (χ0n) is 10.8. The van der Waals surface area contributed by atoms with Gasteiger partial charge in [0.25, 0.3) is 0 Å². The van der Waals surface area contributed by atoms with Gasteiger partial charge in [-0.1, -0.05) is 37.7 Å². The Morgan fingerprint density at radius 3 is 2.21 bits per heavy atom. The van der Waals surface area contributed by atoms with Crippen LogP contribution in [0.15, 0.2) is 52.4 Å². The van der Waals surface area contributed by atoms with Crippen molar-refractivity contribution < 1.29 is 9.90 Å². The van der Waals surface area contributed by atoms with E-state index in [2.05, 4.69) is 43.1 Å². The number of rotatable bonds is 4. The fourth-order valence-corrected chi connectivity index (χ4v) is 2.41. The molecule has 2 rings (SSSR count). The molecule has 0 unspecified atom stereocenters. The van der Waals surface area contributed by atoms with Crippen LogP contribution in [0.4, 0.5) is 0 Å². The van der Waals surface area contributed by atoms with Gasteiger partial charge in [-0.15, -0.1) is 0 Å². The summed E-state index contributed by atoms with van der Waals surface area (Å²) >= 11 is 1.57. The summed E-state index contributed by atoms with van der Waals surface area (Å²) < 4.78 is 0. The van der Waals surface area contributed by atoms with E-state index in [1.54, 1.807) is 24.0 Å². The largest absolute Gasteiger partial charge is 0.477 e. The molecular formula is C15H15NO2S. The zero-order valence-corrected chi connectivity index (χ0v) is 11.6.